The van der Waals surface area contributed by atoms with Gasteiger partial charge in [-0.05, 0) is 74.2 Å². The van der Waals surface area contributed by atoms with Gasteiger partial charge in [0.05, 0.1) is 20.2 Å². The normalized spacial score (nSPS) is 16.3. The number of carbonyl (C=O) groups excluding carboxylic acids is 1. The monoisotopic (exact) mass is 514 g/mol. The van der Waals surface area contributed by atoms with E-state index >= 15 is 0 Å². The number of rotatable bonds is 7. The molecule has 38 heavy (non-hydrogen) atoms. The van der Waals surface area contributed by atoms with Crippen LogP contribution in [-0.2, 0) is 37.1 Å². The average Bonchev–Trinajstić information content (AvgIpc) is 3.10. The molecule has 0 saturated heterocycles. The van der Waals surface area contributed by atoms with E-state index in [1.807, 2.05) is 18.2 Å². The third-order valence-corrected chi connectivity index (χ3v) is 7.53. The van der Waals surface area contributed by atoms with Gasteiger partial charge in [-0.25, -0.2) is 9.97 Å². The molecule has 7 nitrogen and oxygen atoms in total. The molecule has 0 spiro atoms. The molecule has 0 unspecified atom stereocenters. The van der Waals surface area contributed by atoms with Crippen molar-refractivity contribution in [3.8, 4) is 22.6 Å². The lowest BCUT2D eigenvalue weighted by molar-refractivity contribution is -0.107. The summed E-state index contributed by atoms with van der Waals surface area (Å²) in [6.07, 6.45) is 4.35. The van der Waals surface area contributed by atoms with Crippen molar-refractivity contribution >= 4 is 12.1 Å². The number of methoxy groups -OCH3 is 1. The van der Waals surface area contributed by atoms with Gasteiger partial charge < -0.3 is 24.1 Å². The van der Waals surface area contributed by atoms with Crippen molar-refractivity contribution in [3.05, 3.63) is 64.6 Å². The number of hydrogen-bond acceptors (Lipinski definition) is 7. The van der Waals surface area contributed by atoms with Crippen LogP contribution in [-0.4, -0.2) is 55.5 Å². The van der Waals surface area contributed by atoms with Crippen LogP contribution in [0.2, 0.25) is 0 Å². The molecule has 1 aromatic heterocycles. The highest BCUT2D eigenvalue weighted by molar-refractivity contribution is 5.70. The average molecular weight is 515 g/mol. The molecule has 2 aromatic carbocycles. The van der Waals surface area contributed by atoms with Crippen LogP contribution in [0.3, 0.4) is 0 Å². The fourth-order valence-electron chi connectivity index (χ4n) is 5.56. The van der Waals surface area contributed by atoms with Gasteiger partial charge in [-0.3, -0.25) is 0 Å². The van der Waals surface area contributed by atoms with E-state index in [4.69, 9.17) is 19.4 Å². The van der Waals surface area contributed by atoms with E-state index in [1.54, 1.807) is 7.11 Å². The lowest BCUT2D eigenvalue weighted by Crippen LogP contribution is -2.32. The largest absolute Gasteiger partial charge is 0.496 e. The SMILES string of the molecule is COc1ccc(-c2ccc3c(c2)CN(c2nc(CN(C)C)nc4c2CC(C)(C)CC4)CCO3)cc1CC=O. The van der Waals surface area contributed by atoms with Gasteiger partial charge in [0.15, 0.2) is 0 Å². The summed E-state index contributed by atoms with van der Waals surface area (Å²) >= 11 is 0. The number of benzene rings is 2. The Morgan fingerprint density at radius 2 is 1.92 bits per heavy atom. The molecule has 1 aliphatic heterocycles. The van der Waals surface area contributed by atoms with E-state index in [-0.39, 0.29) is 5.41 Å². The molecule has 0 fully saturated rings. The predicted molar refractivity (Wildman–Crippen MR) is 150 cm³/mol. The predicted octanol–water partition coefficient (Wildman–Crippen LogP) is 4.87. The molecular formula is C31H38N4O3. The second kappa shape index (κ2) is 10.7. The fourth-order valence-corrected chi connectivity index (χ4v) is 5.56. The fraction of sp³-hybridized carbons (Fsp3) is 0.452. The number of aldehydes is 1. The maximum Gasteiger partial charge on any atom is 0.144 e. The molecule has 1 aliphatic carbocycles. The number of aromatic nitrogens is 2. The van der Waals surface area contributed by atoms with Gasteiger partial charge in [0.2, 0.25) is 0 Å². The van der Waals surface area contributed by atoms with Crippen molar-refractivity contribution in [1.82, 2.24) is 14.9 Å². The molecule has 0 atom stereocenters. The molecule has 0 radical (unpaired) electrons. The smallest absolute Gasteiger partial charge is 0.144 e. The summed E-state index contributed by atoms with van der Waals surface area (Å²) in [6.45, 7) is 7.48. The zero-order valence-electron chi connectivity index (χ0n) is 23.2. The summed E-state index contributed by atoms with van der Waals surface area (Å²) < 4.78 is 11.7. The van der Waals surface area contributed by atoms with Crippen LogP contribution >= 0.6 is 0 Å². The second-order valence-corrected chi connectivity index (χ2v) is 11.5. The minimum Gasteiger partial charge on any atom is -0.496 e. The first-order chi connectivity index (χ1) is 18.3. The summed E-state index contributed by atoms with van der Waals surface area (Å²) in [5.41, 5.74) is 6.87. The van der Waals surface area contributed by atoms with Crippen LogP contribution in [0.15, 0.2) is 36.4 Å². The first-order valence-corrected chi connectivity index (χ1v) is 13.4. The van der Waals surface area contributed by atoms with Gasteiger partial charge in [-0.15, -0.1) is 0 Å². The van der Waals surface area contributed by atoms with Gasteiger partial charge in [-0.2, -0.15) is 0 Å². The van der Waals surface area contributed by atoms with Crippen LogP contribution in [0.25, 0.3) is 11.1 Å². The number of aryl methyl sites for hydroxylation is 1. The number of hydrogen-bond donors (Lipinski definition) is 0. The maximum atomic E-state index is 11.2. The van der Waals surface area contributed by atoms with E-state index in [0.29, 0.717) is 19.6 Å². The highest BCUT2D eigenvalue weighted by Gasteiger charge is 2.31. The molecule has 0 bridgehead atoms. The van der Waals surface area contributed by atoms with Crippen LogP contribution in [0.5, 0.6) is 11.5 Å². The van der Waals surface area contributed by atoms with E-state index in [9.17, 15) is 4.79 Å². The standard InChI is InChI=1S/C31H38N4O3/c1-31(2)12-10-26-25(18-31)30(33-29(32-26)20-34(3)4)35-13-15-38-28-9-7-22(17-24(28)19-35)21-6-8-27(37-5)23(16-21)11-14-36/h6-9,14,16-17H,10-13,15,18-20H2,1-5H3. The van der Waals surface area contributed by atoms with E-state index in [0.717, 1.165) is 84.0 Å². The van der Waals surface area contributed by atoms with E-state index in [1.165, 1.54) is 11.3 Å². The quantitative estimate of drug-likeness (QED) is 0.417. The molecule has 2 heterocycles. The molecule has 2 aliphatic rings. The topological polar surface area (TPSA) is 67.8 Å². The van der Waals surface area contributed by atoms with Gasteiger partial charge in [0.1, 0.15) is 36.0 Å². The zero-order valence-corrected chi connectivity index (χ0v) is 23.2. The highest BCUT2D eigenvalue weighted by atomic mass is 16.5. The summed E-state index contributed by atoms with van der Waals surface area (Å²) in [7, 11) is 5.75. The lowest BCUT2D eigenvalue weighted by Gasteiger charge is -2.34. The molecule has 200 valence electrons. The van der Waals surface area contributed by atoms with Crippen molar-refractivity contribution in [2.45, 2.75) is 52.6 Å². The van der Waals surface area contributed by atoms with Crippen molar-refractivity contribution in [2.24, 2.45) is 5.41 Å². The van der Waals surface area contributed by atoms with E-state index < -0.39 is 0 Å². The Morgan fingerprint density at radius 1 is 1.13 bits per heavy atom. The third-order valence-electron chi connectivity index (χ3n) is 7.53. The number of anilines is 1. The van der Waals surface area contributed by atoms with Crippen LogP contribution < -0.4 is 14.4 Å². The van der Waals surface area contributed by atoms with Crippen molar-refractivity contribution in [1.29, 1.82) is 0 Å². The highest BCUT2D eigenvalue weighted by Crippen LogP contribution is 2.39. The maximum absolute atomic E-state index is 11.2. The van der Waals surface area contributed by atoms with Gasteiger partial charge in [0.25, 0.3) is 0 Å². The number of fused-ring (bicyclic) bond motifs is 2. The Bertz CT molecular complexity index is 1330. The summed E-state index contributed by atoms with van der Waals surface area (Å²) in [5.74, 6) is 3.58. The molecule has 3 aromatic rings. The minimum absolute atomic E-state index is 0.231. The number of carbonyl (C=O) groups is 1. The van der Waals surface area contributed by atoms with E-state index in [2.05, 4.69) is 55.9 Å². The summed E-state index contributed by atoms with van der Waals surface area (Å²) in [4.78, 5) is 25.8. The van der Waals surface area contributed by atoms with Crippen molar-refractivity contribution < 1.29 is 14.3 Å². The molecule has 7 heteroatoms. The molecule has 0 saturated carbocycles. The Morgan fingerprint density at radius 3 is 2.68 bits per heavy atom. The van der Waals surface area contributed by atoms with Gasteiger partial charge in [-0.1, -0.05) is 26.0 Å². The van der Waals surface area contributed by atoms with Crippen LogP contribution in [0.4, 0.5) is 5.82 Å². The number of ether oxygens (including phenoxy) is 2. The number of nitrogens with zero attached hydrogens (tertiary/aromatic N) is 4. The van der Waals surface area contributed by atoms with Crippen molar-refractivity contribution in [3.63, 3.8) is 0 Å². The van der Waals surface area contributed by atoms with Crippen LogP contribution in [0, 0.1) is 5.41 Å². The molecule has 0 N–H and O–H groups in total. The van der Waals surface area contributed by atoms with Crippen LogP contribution in [0.1, 0.15) is 48.5 Å². The zero-order chi connectivity index (χ0) is 26.9. The van der Waals surface area contributed by atoms with Gasteiger partial charge >= 0.3 is 0 Å². The lowest BCUT2D eigenvalue weighted by atomic mass is 9.76. The van der Waals surface area contributed by atoms with Crippen molar-refractivity contribution in [2.75, 3.05) is 39.3 Å². The molecule has 0 amide bonds. The summed E-state index contributed by atoms with van der Waals surface area (Å²) in [5, 5.41) is 0. The third kappa shape index (κ3) is 5.53. The first kappa shape index (κ1) is 26.2. The Labute approximate surface area is 225 Å². The Kier molecular flexibility index (Phi) is 7.39. The van der Waals surface area contributed by atoms with Gasteiger partial charge in [0, 0.05) is 35.3 Å². The molecular weight excluding hydrogens is 476 g/mol. The minimum atomic E-state index is 0.231. The second-order valence-electron chi connectivity index (χ2n) is 11.5. The first-order valence-electron chi connectivity index (χ1n) is 13.4. The summed E-state index contributed by atoms with van der Waals surface area (Å²) in [6, 6.07) is 12.4. The Balaban J connectivity index is 1.52. The Hall–Kier alpha value is -3.45. The molecule has 5 rings (SSSR count).